The van der Waals surface area contributed by atoms with Gasteiger partial charge in [0.25, 0.3) is 0 Å². The molecule has 0 aliphatic carbocycles. The molecule has 0 N–H and O–H groups in total. The number of rotatable bonds is 7. The van der Waals surface area contributed by atoms with E-state index in [1.807, 2.05) is 0 Å². The minimum Gasteiger partial charge on any atom is -0.377 e. The normalized spacial score (nSPS) is 32.3. The molecule has 4 atom stereocenters. The van der Waals surface area contributed by atoms with Gasteiger partial charge in [0.05, 0.1) is 12.2 Å². The van der Waals surface area contributed by atoms with Crippen LogP contribution in [0.4, 0.5) is 0 Å². The highest BCUT2D eigenvalue weighted by Crippen LogP contribution is 2.14. The van der Waals surface area contributed by atoms with E-state index in [1.165, 1.54) is 91.1 Å². The molecule has 29 heavy (non-hydrogen) atoms. The molecule has 3 heterocycles. The molecule has 2 bridgehead atoms. The number of hydrogen-bond donors (Lipinski definition) is 0. The zero-order valence-corrected chi connectivity index (χ0v) is 19.2. The molecule has 3 aliphatic heterocycles. The van der Waals surface area contributed by atoms with Crippen molar-refractivity contribution >= 4 is 0 Å². The largest absolute Gasteiger partial charge is 0.377 e. The Labute approximate surface area is 179 Å². The van der Waals surface area contributed by atoms with Crippen molar-refractivity contribution in [2.45, 2.75) is 58.2 Å². The van der Waals surface area contributed by atoms with Crippen LogP contribution in [0.2, 0.25) is 0 Å². The fourth-order valence-electron chi connectivity index (χ4n) is 5.04. The maximum Gasteiger partial charge on any atom is 0.0702 e. The summed E-state index contributed by atoms with van der Waals surface area (Å²) in [7, 11) is 0. The lowest BCUT2D eigenvalue weighted by Gasteiger charge is -2.36. The van der Waals surface area contributed by atoms with Crippen molar-refractivity contribution in [2.24, 2.45) is 0 Å². The smallest absolute Gasteiger partial charge is 0.0702 e. The summed E-state index contributed by atoms with van der Waals surface area (Å²) in [4.78, 5) is 10.8. The van der Waals surface area contributed by atoms with Gasteiger partial charge >= 0.3 is 0 Å². The summed E-state index contributed by atoms with van der Waals surface area (Å²) in [6.07, 6.45) is 7.03. The van der Waals surface area contributed by atoms with E-state index in [4.69, 9.17) is 9.47 Å². The minimum atomic E-state index is 0.387. The Balaban J connectivity index is 1.53. The van der Waals surface area contributed by atoms with E-state index < -0.39 is 0 Å². The molecular formula is C23H46N4O2. The number of ether oxygens (including phenoxy) is 2. The molecule has 6 nitrogen and oxygen atoms in total. The number of fused-ring (bicyclic) bond motifs is 3. The fourth-order valence-corrected chi connectivity index (χ4v) is 5.04. The molecule has 0 radical (unpaired) electrons. The average Bonchev–Trinajstić information content (AvgIpc) is 3.24. The van der Waals surface area contributed by atoms with Gasteiger partial charge in [-0.05, 0) is 65.2 Å². The zero-order chi connectivity index (χ0) is 20.3. The minimum absolute atomic E-state index is 0.387. The molecule has 6 heteroatoms. The van der Waals surface area contributed by atoms with E-state index >= 15 is 0 Å². The SMILES string of the molecule is CCOC(CC)CN1CCCN2CCN(CCCN(CC3CCCO3)CC2)CC1. The summed E-state index contributed by atoms with van der Waals surface area (Å²) in [5.41, 5.74) is 0. The molecule has 4 unspecified atom stereocenters. The van der Waals surface area contributed by atoms with Crippen molar-refractivity contribution in [2.75, 3.05) is 91.8 Å². The highest BCUT2D eigenvalue weighted by molar-refractivity contribution is 4.77. The molecule has 170 valence electrons. The average molecular weight is 411 g/mol. The third kappa shape index (κ3) is 8.42. The second-order valence-electron chi connectivity index (χ2n) is 9.11. The first-order chi connectivity index (χ1) is 14.3. The van der Waals surface area contributed by atoms with Gasteiger partial charge in [-0.2, -0.15) is 0 Å². The first-order valence-corrected chi connectivity index (χ1v) is 12.4. The van der Waals surface area contributed by atoms with Crippen molar-refractivity contribution in [1.29, 1.82) is 0 Å². The van der Waals surface area contributed by atoms with Crippen LogP contribution in [0, 0.1) is 0 Å². The lowest BCUT2D eigenvalue weighted by Crippen LogP contribution is -2.48. The molecule has 3 rings (SSSR count). The third-order valence-corrected chi connectivity index (χ3v) is 6.90. The Bertz CT molecular complexity index is 433. The highest BCUT2D eigenvalue weighted by Gasteiger charge is 2.22. The monoisotopic (exact) mass is 410 g/mol. The van der Waals surface area contributed by atoms with Crippen molar-refractivity contribution in [3.8, 4) is 0 Å². The van der Waals surface area contributed by atoms with Crippen LogP contribution in [0.15, 0.2) is 0 Å². The first-order valence-electron chi connectivity index (χ1n) is 12.4. The topological polar surface area (TPSA) is 31.4 Å². The van der Waals surface area contributed by atoms with Gasteiger partial charge in [-0.1, -0.05) is 6.92 Å². The van der Waals surface area contributed by atoms with Crippen LogP contribution in [-0.2, 0) is 9.47 Å². The maximum absolute atomic E-state index is 5.95. The van der Waals surface area contributed by atoms with Crippen LogP contribution in [0.5, 0.6) is 0 Å². The predicted octanol–water partition coefficient (Wildman–Crippen LogP) is 2.00. The van der Waals surface area contributed by atoms with Crippen molar-refractivity contribution < 1.29 is 9.47 Å². The zero-order valence-electron chi connectivity index (χ0n) is 19.2. The molecule has 0 aromatic carbocycles. The standard InChI is InChI=1S/C23H46N4O2/c1-3-22(28-4-2)20-26-11-6-9-25-14-13-24(15-17-26)10-7-12-27(18-16-25)21-23-8-5-19-29-23/h22-23H,3-21H2,1-2H3. The Hall–Kier alpha value is -0.240. The molecule has 3 fully saturated rings. The lowest BCUT2D eigenvalue weighted by molar-refractivity contribution is 0.0245. The molecule has 0 aromatic rings. The molecule has 3 saturated heterocycles. The molecule has 0 aromatic heterocycles. The molecule has 3 aliphatic rings. The summed E-state index contributed by atoms with van der Waals surface area (Å²) in [6, 6.07) is 0. The lowest BCUT2D eigenvalue weighted by atomic mass is 10.2. The van der Waals surface area contributed by atoms with Crippen molar-refractivity contribution in [3.05, 3.63) is 0 Å². The highest BCUT2D eigenvalue weighted by atomic mass is 16.5. The molecule has 0 amide bonds. The Kier molecular flexibility index (Phi) is 10.7. The van der Waals surface area contributed by atoms with E-state index in [1.54, 1.807) is 0 Å². The maximum atomic E-state index is 5.95. The quantitative estimate of drug-likeness (QED) is 0.638. The number of hydrogen-bond acceptors (Lipinski definition) is 6. The molecule has 0 saturated carbocycles. The second kappa shape index (κ2) is 13.2. The molecule has 0 spiro atoms. The van der Waals surface area contributed by atoms with Gasteiger partial charge in [0, 0.05) is 65.6 Å². The van der Waals surface area contributed by atoms with E-state index in [0.29, 0.717) is 12.2 Å². The van der Waals surface area contributed by atoms with Crippen LogP contribution in [0.1, 0.15) is 46.0 Å². The Morgan fingerprint density at radius 2 is 1.45 bits per heavy atom. The number of nitrogens with zero attached hydrogens (tertiary/aromatic N) is 4. The van der Waals surface area contributed by atoms with Crippen molar-refractivity contribution in [3.63, 3.8) is 0 Å². The van der Waals surface area contributed by atoms with Gasteiger partial charge in [0.1, 0.15) is 0 Å². The summed E-state index contributed by atoms with van der Waals surface area (Å²) < 4.78 is 11.9. The summed E-state index contributed by atoms with van der Waals surface area (Å²) in [5.74, 6) is 0. The van der Waals surface area contributed by atoms with Gasteiger partial charge in [0.2, 0.25) is 0 Å². The fraction of sp³-hybridized carbons (Fsp3) is 1.00. The second-order valence-corrected chi connectivity index (χ2v) is 9.11. The predicted molar refractivity (Wildman–Crippen MR) is 120 cm³/mol. The summed E-state index contributed by atoms with van der Waals surface area (Å²) in [6.45, 7) is 20.5. The van der Waals surface area contributed by atoms with Gasteiger partial charge in [-0.25, -0.2) is 0 Å². The molecular weight excluding hydrogens is 364 g/mol. The van der Waals surface area contributed by atoms with Crippen molar-refractivity contribution in [1.82, 2.24) is 19.6 Å². The van der Waals surface area contributed by atoms with Gasteiger partial charge in [-0.15, -0.1) is 0 Å². The van der Waals surface area contributed by atoms with Crippen LogP contribution in [0.25, 0.3) is 0 Å². The summed E-state index contributed by atoms with van der Waals surface area (Å²) in [5, 5.41) is 0. The van der Waals surface area contributed by atoms with E-state index in [9.17, 15) is 0 Å². The third-order valence-electron chi connectivity index (χ3n) is 6.90. The Morgan fingerprint density at radius 3 is 2.07 bits per heavy atom. The van der Waals surface area contributed by atoms with E-state index in [0.717, 1.165) is 32.7 Å². The summed E-state index contributed by atoms with van der Waals surface area (Å²) >= 11 is 0. The van der Waals surface area contributed by atoms with Crippen LogP contribution in [0.3, 0.4) is 0 Å². The first kappa shape index (κ1) is 23.4. The van der Waals surface area contributed by atoms with E-state index in [2.05, 4.69) is 33.4 Å². The van der Waals surface area contributed by atoms with Gasteiger partial charge in [-0.3, -0.25) is 9.80 Å². The van der Waals surface area contributed by atoms with Crippen LogP contribution < -0.4 is 0 Å². The van der Waals surface area contributed by atoms with Crippen LogP contribution in [-0.4, -0.2) is 124 Å². The van der Waals surface area contributed by atoms with Gasteiger partial charge < -0.3 is 19.3 Å². The Morgan fingerprint density at radius 1 is 0.793 bits per heavy atom. The van der Waals surface area contributed by atoms with Gasteiger partial charge in [0.15, 0.2) is 0 Å². The van der Waals surface area contributed by atoms with E-state index in [-0.39, 0.29) is 0 Å². The van der Waals surface area contributed by atoms with Crippen LogP contribution >= 0.6 is 0 Å².